The molecule has 0 saturated carbocycles. The average Bonchev–Trinajstić information content (AvgIpc) is 2.57. The first-order chi connectivity index (χ1) is 11.6. The third-order valence-corrected chi connectivity index (χ3v) is 4.71. The number of amides is 1. The van der Waals surface area contributed by atoms with Gasteiger partial charge in [-0.15, -0.1) is 0 Å². The van der Waals surface area contributed by atoms with E-state index in [9.17, 15) is 13.4 Å². The summed E-state index contributed by atoms with van der Waals surface area (Å²) in [4.78, 5) is 11.8. The lowest BCUT2D eigenvalue weighted by atomic mass is 10.1. The number of nitrogens with one attached hydrogen (secondary N) is 1. The quantitative estimate of drug-likeness (QED) is 0.765. The number of aliphatic hydroxyl groups excluding tert-OH is 1. The van der Waals surface area contributed by atoms with Crippen LogP contribution in [0.3, 0.4) is 0 Å². The predicted octanol–water partition coefficient (Wildman–Crippen LogP) is 1.93. The van der Waals surface area contributed by atoms with Gasteiger partial charge < -0.3 is 10.4 Å². The Morgan fingerprint density at radius 2 is 1.58 bits per heavy atom. The zero-order valence-corrected chi connectivity index (χ0v) is 14.0. The van der Waals surface area contributed by atoms with Crippen LogP contribution in [0.1, 0.15) is 16.7 Å². The van der Waals surface area contributed by atoms with Crippen LogP contribution in [-0.4, -0.2) is 27.5 Å². The fourth-order valence-corrected chi connectivity index (χ4v) is 3.23. The molecule has 1 unspecified atom stereocenters. The van der Waals surface area contributed by atoms with Gasteiger partial charge in [0.2, 0.25) is 5.91 Å². The van der Waals surface area contributed by atoms with Gasteiger partial charge in [-0.05, 0) is 35.2 Å². The van der Waals surface area contributed by atoms with E-state index in [1.165, 1.54) is 12.1 Å². The summed E-state index contributed by atoms with van der Waals surface area (Å²) in [6.45, 7) is 0.396. The molecule has 0 spiro atoms. The number of benzene rings is 2. The molecule has 0 radical (unpaired) electrons. The minimum Gasteiger partial charge on any atom is -0.392 e. The van der Waals surface area contributed by atoms with E-state index < -0.39 is 10.8 Å². The maximum absolute atomic E-state index is 12.8. The lowest BCUT2D eigenvalue weighted by Gasteiger charge is -2.06. The van der Waals surface area contributed by atoms with E-state index in [2.05, 4.69) is 5.32 Å². The molecule has 0 bridgehead atoms. The second-order valence-electron chi connectivity index (χ2n) is 5.43. The van der Waals surface area contributed by atoms with Crippen molar-refractivity contribution in [3.8, 4) is 0 Å². The first-order valence-corrected chi connectivity index (χ1v) is 9.10. The highest BCUT2D eigenvalue weighted by molar-refractivity contribution is 7.84. The standard InChI is InChI=1S/C18H20FNO3S/c19-17-7-5-14(6-8-17)9-10-20-18(22)13-24(23)12-16-3-1-15(11-21)2-4-16/h1-8,21H,9-13H2,(H,20,22). The molecule has 128 valence electrons. The van der Waals surface area contributed by atoms with Gasteiger partial charge in [0.05, 0.1) is 6.61 Å². The van der Waals surface area contributed by atoms with Crippen LogP contribution in [-0.2, 0) is 34.4 Å². The van der Waals surface area contributed by atoms with Crippen LogP contribution in [0, 0.1) is 5.82 Å². The van der Waals surface area contributed by atoms with Crippen LogP contribution in [0.25, 0.3) is 0 Å². The number of carbonyl (C=O) groups excluding carboxylic acids is 1. The van der Waals surface area contributed by atoms with Crippen LogP contribution >= 0.6 is 0 Å². The van der Waals surface area contributed by atoms with Gasteiger partial charge in [0.15, 0.2) is 0 Å². The molecule has 24 heavy (non-hydrogen) atoms. The second-order valence-corrected chi connectivity index (χ2v) is 6.89. The van der Waals surface area contributed by atoms with Crippen molar-refractivity contribution in [3.63, 3.8) is 0 Å². The van der Waals surface area contributed by atoms with E-state index in [0.717, 1.165) is 16.7 Å². The molecule has 0 aliphatic carbocycles. The van der Waals surface area contributed by atoms with Gasteiger partial charge >= 0.3 is 0 Å². The Morgan fingerprint density at radius 1 is 1.00 bits per heavy atom. The minimum atomic E-state index is -1.28. The van der Waals surface area contributed by atoms with Crippen molar-refractivity contribution in [2.45, 2.75) is 18.8 Å². The molecule has 2 aromatic carbocycles. The summed E-state index contributed by atoms with van der Waals surface area (Å²) in [5.74, 6) is -0.296. The Morgan fingerprint density at radius 3 is 2.21 bits per heavy atom. The van der Waals surface area contributed by atoms with E-state index in [0.29, 0.717) is 18.7 Å². The zero-order chi connectivity index (χ0) is 17.4. The summed E-state index contributed by atoms with van der Waals surface area (Å²) in [7, 11) is -1.28. The summed E-state index contributed by atoms with van der Waals surface area (Å²) >= 11 is 0. The third kappa shape index (κ3) is 6.22. The van der Waals surface area contributed by atoms with Crippen LogP contribution in [0.2, 0.25) is 0 Å². The van der Waals surface area contributed by atoms with E-state index in [4.69, 9.17) is 5.11 Å². The highest BCUT2D eigenvalue weighted by Crippen LogP contribution is 2.07. The lowest BCUT2D eigenvalue weighted by molar-refractivity contribution is -0.118. The average molecular weight is 349 g/mol. The summed E-state index contributed by atoms with van der Waals surface area (Å²) in [6, 6.07) is 13.3. The highest BCUT2D eigenvalue weighted by Gasteiger charge is 2.08. The lowest BCUT2D eigenvalue weighted by Crippen LogP contribution is -2.30. The number of hydrogen-bond donors (Lipinski definition) is 2. The van der Waals surface area contributed by atoms with E-state index >= 15 is 0 Å². The highest BCUT2D eigenvalue weighted by atomic mass is 32.2. The molecule has 0 fully saturated rings. The Labute approximate surface area is 143 Å². The zero-order valence-electron chi connectivity index (χ0n) is 13.2. The van der Waals surface area contributed by atoms with Crippen molar-refractivity contribution in [3.05, 3.63) is 71.0 Å². The normalized spacial score (nSPS) is 11.9. The molecule has 1 amide bonds. The monoisotopic (exact) mass is 349 g/mol. The Kier molecular flexibility index (Phi) is 7.08. The maximum atomic E-state index is 12.8. The second kappa shape index (κ2) is 9.30. The smallest absolute Gasteiger partial charge is 0.232 e. The van der Waals surface area contributed by atoms with Gasteiger partial charge in [0, 0.05) is 23.1 Å². The summed E-state index contributed by atoms with van der Waals surface area (Å²) in [5, 5.41) is 11.7. The summed E-state index contributed by atoms with van der Waals surface area (Å²) in [5.41, 5.74) is 2.59. The van der Waals surface area contributed by atoms with Crippen molar-refractivity contribution >= 4 is 16.7 Å². The summed E-state index contributed by atoms with van der Waals surface area (Å²) < 4.78 is 24.8. The molecule has 2 aromatic rings. The minimum absolute atomic E-state index is 0.0279. The number of rotatable bonds is 8. The number of hydrogen-bond acceptors (Lipinski definition) is 3. The van der Waals surface area contributed by atoms with Crippen LogP contribution < -0.4 is 5.32 Å². The first kappa shape index (κ1) is 18.3. The fourth-order valence-electron chi connectivity index (χ4n) is 2.17. The van der Waals surface area contributed by atoms with Gasteiger partial charge in [-0.1, -0.05) is 36.4 Å². The summed E-state index contributed by atoms with van der Waals surface area (Å²) in [6.07, 6.45) is 0.598. The van der Waals surface area contributed by atoms with Gasteiger partial charge in [-0.2, -0.15) is 0 Å². The van der Waals surface area contributed by atoms with Gasteiger partial charge in [-0.25, -0.2) is 4.39 Å². The van der Waals surface area contributed by atoms with E-state index in [1.54, 1.807) is 36.4 Å². The molecule has 2 rings (SSSR count). The SMILES string of the molecule is O=C(CS(=O)Cc1ccc(CO)cc1)NCCc1ccc(F)cc1. The van der Waals surface area contributed by atoms with Crippen molar-refractivity contribution in [1.82, 2.24) is 5.32 Å². The van der Waals surface area contributed by atoms with Gasteiger partial charge in [0.1, 0.15) is 11.6 Å². The fraction of sp³-hybridized carbons (Fsp3) is 0.278. The van der Waals surface area contributed by atoms with Crippen LogP contribution in [0.5, 0.6) is 0 Å². The molecule has 0 aromatic heterocycles. The van der Waals surface area contributed by atoms with Crippen molar-refractivity contribution < 1.29 is 18.5 Å². The van der Waals surface area contributed by atoms with E-state index in [1.807, 2.05) is 0 Å². The van der Waals surface area contributed by atoms with Crippen LogP contribution in [0.15, 0.2) is 48.5 Å². The first-order valence-electron chi connectivity index (χ1n) is 7.61. The Hall–Kier alpha value is -2.05. The van der Waals surface area contributed by atoms with Crippen molar-refractivity contribution in [2.75, 3.05) is 12.3 Å². The van der Waals surface area contributed by atoms with Crippen LogP contribution in [0.4, 0.5) is 4.39 Å². The molecule has 0 heterocycles. The molecule has 0 saturated heterocycles. The van der Waals surface area contributed by atoms with Crippen molar-refractivity contribution in [2.24, 2.45) is 0 Å². The number of carbonyl (C=O) groups is 1. The Balaban J connectivity index is 1.70. The maximum Gasteiger partial charge on any atom is 0.232 e. The van der Waals surface area contributed by atoms with E-state index in [-0.39, 0.29) is 24.1 Å². The van der Waals surface area contributed by atoms with Crippen molar-refractivity contribution in [1.29, 1.82) is 0 Å². The molecular weight excluding hydrogens is 329 g/mol. The molecular formula is C18H20FNO3S. The number of halogens is 1. The Bertz CT molecular complexity index is 686. The molecule has 6 heteroatoms. The molecule has 0 aliphatic rings. The molecule has 0 aliphatic heterocycles. The predicted molar refractivity (Wildman–Crippen MR) is 92.2 cm³/mol. The molecule has 4 nitrogen and oxygen atoms in total. The topological polar surface area (TPSA) is 66.4 Å². The third-order valence-electron chi connectivity index (χ3n) is 3.47. The molecule has 2 N–H and O–H groups in total. The largest absolute Gasteiger partial charge is 0.392 e. The van der Waals surface area contributed by atoms with Gasteiger partial charge in [-0.3, -0.25) is 9.00 Å². The molecule has 1 atom stereocenters. The number of aliphatic hydroxyl groups is 1. The van der Waals surface area contributed by atoms with Gasteiger partial charge in [0.25, 0.3) is 0 Å².